The van der Waals surface area contributed by atoms with Gasteiger partial charge in [0.2, 0.25) is 11.8 Å². The van der Waals surface area contributed by atoms with E-state index in [1.807, 2.05) is 29.2 Å². The van der Waals surface area contributed by atoms with Crippen LogP contribution < -0.4 is 5.32 Å². The molecule has 1 N–H and O–H groups in total. The number of nitrogens with zero attached hydrogens (tertiary/aromatic N) is 1. The summed E-state index contributed by atoms with van der Waals surface area (Å²) in [6, 6.07) is 16.4. The van der Waals surface area contributed by atoms with Crippen LogP contribution >= 0.6 is 11.6 Å². The zero-order valence-electron chi connectivity index (χ0n) is 18.2. The van der Waals surface area contributed by atoms with E-state index in [4.69, 9.17) is 11.6 Å². The van der Waals surface area contributed by atoms with E-state index < -0.39 is 0 Å². The van der Waals surface area contributed by atoms with E-state index in [0.717, 1.165) is 44.3 Å². The van der Waals surface area contributed by atoms with Crippen LogP contribution in [0.5, 0.6) is 0 Å². The zero-order valence-corrected chi connectivity index (χ0v) is 19.0. The van der Waals surface area contributed by atoms with Crippen LogP contribution in [0.3, 0.4) is 0 Å². The smallest absolute Gasteiger partial charge is 0.222 e. The lowest BCUT2D eigenvalue weighted by Crippen LogP contribution is -2.45. The molecule has 2 saturated heterocycles. The number of hydrogen-bond acceptors (Lipinski definition) is 2. The standard InChI is InChI=1S/C26H31ClN2O2/c1-19-4-2-5-21(16-19)22-6-3-15-29(18-22)25(31)12-14-26(13-11-24(30)28-26)17-20-7-9-23(27)10-8-20/h2,4-5,7-10,16,22H,3,6,11-15,17-18H2,1H3,(H,28,30)/t22-,26+/m0/s1. The lowest BCUT2D eigenvalue weighted by atomic mass is 9.84. The van der Waals surface area contributed by atoms with Gasteiger partial charge in [0.25, 0.3) is 0 Å². The van der Waals surface area contributed by atoms with E-state index in [2.05, 4.69) is 36.5 Å². The normalized spacial score (nSPS) is 23.6. The SMILES string of the molecule is Cc1cccc([C@H]2CCCN(C(=O)CC[C@@]3(Cc4ccc(Cl)cc4)CCC(=O)N3)C2)c1. The van der Waals surface area contributed by atoms with Crippen LogP contribution in [0.25, 0.3) is 0 Å². The third-order valence-corrected chi connectivity index (χ3v) is 7.05. The molecule has 0 bridgehead atoms. The molecule has 2 heterocycles. The van der Waals surface area contributed by atoms with Gasteiger partial charge in [-0.2, -0.15) is 0 Å². The highest BCUT2D eigenvalue weighted by molar-refractivity contribution is 6.30. The molecular weight excluding hydrogens is 408 g/mol. The number of rotatable bonds is 6. The molecule has 0 spiro atoms. The van der Waals surface area contributed by atoms with Crippen molar-refractivity contribution in [2.45, 2.75) is 63.3 Å². The van der Waals surface area contributed by atoms with Crippen LogP contribution in [0.2, 0.25) is 5.02 Å². The summed E-state index contributed by atoms with van der Waals surface area (Å²) in [5, 5.41) is 3.89. The number of hydrogen-bond donors (Lipinski definition) is 1. The average Bonchev–Trinajstić information content (AvgIpc) is 3.14. The van der Waals surface area contributed by atoms with Gasteiger partial charge < -0.3 is 10.2 Å². The second-order valence-electron chi connectivity index (χ2n) is 9.22. The minimum atomic E-state index is -0.341. The van der Waals surface area contributed by atoms with Crippen molar-refractivity contribution in [3.63, 3.8) is 0 Å². The lowest BCUT2D eigenvalue weighted by Gasteiger charge is -2.35. The summed E-state index contributed by atoms with van der Waals surface area (Å²) >= 11 is 6.02. The molecule has 2 amide bonds. The molecule has 0 aromatic heterocycles. The third kappa shape index (κ3) is 5.48. The van der Waals surface area contributed by atoms with Crippen molar-refractivity contribution in [2.24, 2.45) is 0 Å². The van der Waals surface area contributed by atoms with Gasteiger partial charge in [0.05, 0.1) is 0 Å². The van der Waals surface area contributed by atoms with Crippen molar-refractivity contribution in [2.75, 3.05) is 13.1 Å². The molecule has 0 radical (unpaired) electrons. The molecule has 164 valence electrons. The van der Waals surface area contributed by atoms with Gasteiger partial charge in [0, 0.05) is 42.4 Å². The van der Waals surface area contributed by atoms with Crippen LogP contribution in [0.15, 0.2) is 48.5 Å². The Hall–Kier alpha value is -2.33. The molecule has 2 aromatic carbocycles. The van der Waals surface area contributed by atoms with Gasteiger partial charge in [0.15, 0.2) is 0 Å². The first-order chi connectivity index (χ1) is 14.9. The highest BCUT2D eigenvalue weighted by Crippen LogP contribution is 2.32. The topological polar surface area (TPSA) is 49.4 Å². The Labute approximate surface area is 190 Å². The first-order valence-corrected chi connectivity index (χ1v) is 11.7. The second-order valence-corrected chi connectivity index (χ2v) is 9.66. The average molecular weight is 439 g/mol. The fourth-order valence-corrected chi connectivity index (χ4v) is 5.21. The van der Waals surface area contributed by atoms with E-state index in [-0.39, 0.29) is 17.4 Å². The summed E-state index contributed by atoms with van der Waals surface area (Å²) in [6.07, 6.45) is 5.34. The molecule has 4 nitrogen and oxygen atoms in total. The molecule has 2 atom stereocenters. The fraction of sp³-hybridized carbons (Fsp3) is 0.462. The highest BCUT2D eigenvalue weighted by Gasteiger charge is 2.38. The number of amides is 2. The van der Waals surface area contributed by atoms with E-state index in [1.54, 1.807) is 0 Å². The maximum absolute atomic E-state index is 13.1. The first-order valence-electron chi connectivity index (χ1n) is 11.3. The molecule has 31 heavy (non-hydrogen) atoms. The van der Waals surface area contributed by atoms with Crippen LogP contribution in [0, 0.1) is 6.92 Å². The van der Waals surface area contributed by atoms with E-state index in [9.17, 15) is 9.59 Å². The summed E-state index contributed by atoms with van der Waals surface area (Å²) < 4.78 is 0. The van der Waals surface area contributed by atoms with Gasteiger partial charge in [-0.3, -0.25) is 9.59 Å². The van der Waals surface area contributed by atoms with E-state index in [0.29, 0.717) is 30.2 Å². The summed E-state index contributed by atoms with van der Waals surface area (Å²) in [7, 11) is 0. The Bertz CT molecular complexity index is 943. The van der Waals surface area contributed by atoms with Crippen molar-refractivity contribution in [1.82, 2.24) is 10.2 Å². The van der Waals surface area contributed by atoms with Crippen LogP contribution in [-0.4, -0.2) is 35.3 Å². The highest BCUT2D eigenvalue weighted by atomic mass is 35.5. The minimum absolute atomic E-state index is 0.0823. The summed E-state index contributed by atoms with van der Waals surface area (Å²) in [6.45, 7) is 3.74. The number of aryl methyl sites for hydroxylation is 1. The molecule has 0 aliphatic carbocycles. The van der Waals surface area contributed by atoms with Crippen molar-refractivity contribution < 1.29 is 9.59 Å². The van der Waals surface area contributed by atoms with Crippen LogP contribution in [0.1, 0.15) is 61.1 Å². The molecule has 2 aromatic rings. The molecule has 0 saturated carbocycles. The number of carbonyl (C=O) groups excluding carboxylic acids is 2. The summed E-state index contributed by atoms with van der Waals surface area (Å²) in [5.41, 5.74) is 3.39. The van der Waals surface area contributed by atoms with Gasteiger partial charge in [-0.1, -0.05) is 53.6 Å². The molecule has 2 fully saturated rings. The Morgan fingerprint density at radius 3 is 2.74 bits per heavy atom. The molecule has 2 aliphatic rings. The second kappa shape index (κ2) is 9.44. The van der Waals surface area contributed by atoms with Crippen molar-refractivity contribution in [1.29, 1.82) is 0 Å². The Balaban J connectivity index is 1.39. The number of nitrogens with one attached hydrogen (secondary N) is 1. The molecule has 5 heteroatoms. The van der Waals surface area contributed by atoms with Crippen LogP contribution in [0.4, 0.5) is 0 Å². The summed E-state index contributed by atoms with van der Waals surface area (Å²) in [4.78, 5) is 27.2. The van der Waals surface area contributed by atoms with E-state index >= 15 is 0 Å². The Kier molecular flexibility index (Phi) is 6.66. The number of carbonyl (C=O) groups is 2. The predicted octanol–water partition coefficient (Wildman–Crippen LogP) is 5.03. The Morgan fingerprint density at radius 2 is 2.03 bits per heavy atom. The van der Waals surface area contributed by atoms with Gasteiger partial charge in [-0.25, -0.2) is 0 Å². The number of piperidine rings is 1. The van der Waals surface area contributed by atoms with Crippen molar-refractivity contribution >= 4 is 23.4 Å². The Morgan fingerprint density at radius 1 is 1.23 bits per heavy atom. The van der Waals surface area contributed by atoms with Gasteiger partial charge in [-0.05, 0) is 62.3 Å². The van der Waals surface area contributed by atoms with Gasteiger partial charge >= 0.3 is 0 Å². The molecule has 0 unspecified atom stereocenters. The molecule has 4 rings (SSSR count). The lowest BCUT2D eigenvalue weighted by molar-refractivity contribution is -0.133. The zero-order chi connectivity index (χ0) is 21.8. The molecular formula is C26H31ClN2O2. The number of benzene rings is 2. The number of likely N-dealkylation sites (tertiary alicyclic amines) is 1. The molecule has 2 aliphatic heterocycles. The minimum Gasteiger partial charge on any atom is -0.350 e. The summed E-state index contributed by atoms with van der Waals surface area (Å²) in [5.74, 6) is 0.694. The monoisotopic (exact) mass is 438 g/mol. The van der Waals surface area contributed by atoms with Crippen molar-refractivity contribution in [3.8, 4) is 0 Å². The maximum atomic E-state index is 13.1. The van der Waals surface area contributed by atoms with Gasteiger partial charge in [-0.15, -0.1) is 0 Å². The largest absolute Gasteiger partial charge is 0.350 e. The van der Waals surface area contributed by atoms with Gasteiger partial charge in [0.1, 0.15) is 0 Å². The third-order valence-electron chi connectivity index (χ3n) is 6.80. The number of halogens is 1. The fourth-order valence-electron chi connectivity index (χ4n) is 5.08. The van der Waals surface area contributed by atoms with E-state index in [1.165, 1.54) is 11.1 Å². The predicted molar refractivity (Wildman–Crippen MR) is 124 cm³/mol. The first kappa shape index (κ1) is 21.9. The van der Waals surface area contributed by atoms with Crippen molar-refractivity contribution in [3.05, 3.63) is 70.2 Å². The maximum Gasteiger partial charge on any atom is 0.222 e. The van der Waals surface area contributed by atoms with Crippen LogP contribution in [-0.2, 0) is 16.0 Å². The quantitative estimate of drug-likeness (QED) is 0.687.